The number of aliphatic hydroxyl groups excluding tert-OH is 1. The molecule has 0 saturated heterocycles. The van der Waals surface area contributed by atoms with Crippen LogP contribution in [0.3, 0.4) is 0 Å². The van der Waals surface area contributed by atoms with Gasteiger partial charge >= 0.3 is 0 Å². The highest BCUT2D eigenvalue weighted by Gasteiger charge is 2.24. The number of aromatic amines is 1. The lowest BCUT2D eigenvalue weighted by Gasteiger charge is -2.24. The molecule has 0 bridgehead atoms. The molecule has 3 aromatic carbocycles. The van der Waals surface area contributed by atoms with Gasteiger partial charge in [0.2, 0.25) is 5.91 Å². The Morgan fingerprint density at radius 1 is 0.957 bits per heavy atom. The van der Waals surface area contributed by atoms with E-state index in [2.05, 4.69) is 49.4 Å². The van der Waals surface area contributed by atoms with Crippen molar-refractivity contribution in [3.05, 3.63) is 102 Å². The molecule has 1 aliphatic carbocycles. The van der Waals surface area contributed by atoms with Crippen molar-refractivity contribution in [1.82, 2.24) is 31.2 Å². The lowest BCUT2D eigenvalue weighted by Crippen LogP contribution is -2.47. The van der Waals surface area contributed by atoms with Crippen molar-refractivity contribution in [3.63, 3.8) is 0 Å². The molecule has 9 nitrogen and oxygen atoms in total. The molecule has 5 rings (SSSR count). The minimum atomic E-state index is -0.660. The minimum absolute atomic E-state index is 0.0452. The van der Waals surface area contributed by atoms with E-state index >= 15 is 0 Å². The van der Waals surface area contributed by atoms with Gasteiger partial charge in [-0.1, -0.05) is 73.9 Å². The molecule has 2 amide bonds. The summed E-state index contributed by atoms with van der Waals surface area (Å²) in [5, 5.41) is 25.0. The van der Waals surface area contributed by atoms with Crippen molar-refractivity contribution in [2.24, 2.45) is 0 Å². The highest BCUT2D eigenvalue weighted by atomic mass is 16.3. The van der Waals surface area contributed by atoms with E-state index in [1.165, 1.54) is 32.1 Å². The third-order valence-corrected chi connectivity index (χ3v) is 9.01. The van der Waals surface area contributed by atoms with Crippen molar-refractivity contribution in [1.29, 1.82) is 0 Å². The third-order valence-electron chi connectivity index (χ3n) is 9.01. The molecule has 0 spiro atoms. The highest BCUT2D eigenvalue weighted by molar-refractivity contribution is 5.97. The molecule has 1 unspecified atom stereocenters. The Kier molecular flexibility index (Phi) is 12.3. The number of rotatable bonds is 16. The van der Waals surface area contributed by atoms with Crippen LogP contribution in [0.2, 0.25) is 0 Å². The number of hydrogen-bond acceptors (Lipinski definition) is 6. The Morgan fingerprint density at radius 2 is 1.74 bits per heavy atom. The maximum absolute atomic E-state index is 13.7. The number of fused-ring (bicyclic) bond motifs is 1. The molecule has 1 aliphatic rings. The third kappa shape index (κ3) is 9.25. The standard InChI is InChI=1S/C37H48N6O3/c1-26(31-14-7-10-28-9-5-6-13-32(28)31)42-37(46)34(15-8-21-38-30-11-3-2-4-12-30)43-36(45)29-18-16-27(17-19-29)25-41-33(20-24-44)35-39-22-23-40-35/h5-7,9-10,13-14,16-19,22-23,26,30,33-34,38,41,44H,2-4,8,11-12,15,20-21,24-25H2,1H3,(H,39,40)(H,42,46)(H,43,45)/t26-,33?,34-/m0/s1. The molecule has 1 aromatic heterocycles. The van der Waals surface area contributed by atoms with E-state index in [0.717, 1.165) is 40.7 Å². The van der Waals surface area contributed by atoms with E-state index in [1.54, 1.807) is 24.5 Å². The molecule has 46 heavy (non-hydrogen) atoms. The summed E-state index contributed by atoms with van der Waals surface area (Å²) in [6, 6.07) is 21.3. The molecule has 0 aliphatic heterocycles. The fourth-order valence-electron chi connectivity index (χ4n) is 6.40. The first-order valence-electron chi connectivity index (χ1n) is 16.8. The first-order valence-corrected chi connectivity index (χ1v) is 16.8. The fraction of sp³-hybridized carbons (Fsp3) is 0.432. The molecule has 1 fully saturated rings. The van der Waals surface area contributed by atoms with Crippen LogP contribution in [0.4, 0.5) is 0 Å². The number of aromatic nitrogens is 2. The molecule has 1 saturated carbocycles. The van der Waals surface area contributed by atoms with Gasteiger partial charge < -0.3 is 31.4 Å². The van der Waals surface area contributed by atoms with Crippen molar-refractivity contribution in [2.45, 2.75) is 89.0 Å². The number of amides is 2. The fourth-order valence-corrected chi connectivity index (χ4v) is 6.40. The smallest absolute Gasteiger partial charge is 0.251 e. The van der Waals surface area contributed by atoms with Crippen LogP contribution >= 0.6 is 0 Å². The second-order valence-electron chi connectivity index (χ2n) is 12.4. The van der Waals surface area contributed by atoms with E-state index < -0.39 is 6.04 Å². The van der Waals surface area contributed by atoms with E-state index in [0.29, 0.717) is 31.0 Å². The van der Waals surface area contributed by atoms with Crippen molar-refractivity contribution >= 4 is 22.6 Å². The van der Waals surface area contributed by atoms with Gasteiger partial charge in [-0.05, 0) is 79.6 Å². The summed E-state index contributed by atoms with van der Waals surface area (Å²) in [6.45, 7) is 3.41. The summed E-state index contributed by atoms with van der Waals surface area (Å²) >= 11 is 0. The number of benzene rings is 3. The number of imidazole rings is 1. The lowest BCUT2D eigenvalue weighted by atomic mass is 9.95. The van der Waals surface area contributed by atoms with Crippen LogP contribution in [0, 0.1) is 0 Å². The maximum Gasteiger partial charge on any atom is 0.251 e. The number of nitrogens with one attached hydrogen (secondary N) is 5. The zero-order valence-electron chi connectivity index (χ0n) is 26.8. The Labute approximate surface area is 272 Å². The van der Waals surface area contributed by atoms with E-state index in [-0.39, 0.29) is 30.5 Å². The molecule has 9 heteroatoms. The van der Waals surface area contributed by atoms with Crippen molar-refractivity contribution < 1.29 is 14.7 Å². The van der Waals surface area contributed by atoms with Crippen molar-refractivity contribution in [2.75, 3.05) is 13.2 Å². The summed E-state index contributed by atoms with van der Waals surface area (Å²) in [4.78, 5) is 34.5. The van der Waals surface area contributed by atoms with Crippen LogP contribution in [-0.2, 0) is 11.3 Å². The van der Waals surface area contributed by atoms with Gasteiger partial charge in [0.05, 0.1) is 12.1 Å². The van der Waals surface area contributed by atoms with Crippen LogP contribution in [-0.4, -0.2) is 52.1 Å². The van der Waals surface area contributed by atoms with Crippen LogP contribution in [0.25, 0.3) is 10.8 Å². The normalized spacial score (nSPS) is 15.7. The predicted octanol–water partition coefficient (Wildman–Crippen LogP) is 5.45. The van der Waals surface area contributed by atoms with Crippen LogP contribution in [0.1, 0.15) is 97.7 Å². The minimum Gasteiger partial charge on any atom is -0.396 e. The SMILES string of the molecule is C[C@H](NC(=O)[C@H](CCCNC1CCCCC1)NC(=O)c1ccc(CNC(CCO)c2ncc[nH]2)cc1)c1cccc2ccccc12. The number of carbonyl (C=O) groups is 2. The summed E-state index contributed by atoms with van der Waals surface area (Å²) in [5.74, 6) is 0.324. The predicted molar refractivity (Wildman–Crippen MR) is 182 cm³/mol. The number of hydrogen-bond donors (Lipinski definition) is 6. The molecular formula is C37H48N6O3. The Balaban J connectivity index is 1.21. The van der Waals surface area contributed by atoms with Gasteiger partial charge in [0, 0.05) is 37.2 Å². The quantitative estimate of drug-likeness (QED) is 0.0919. The molecule has 3 atom stereocenters. The molecule has 6 N–H and O–H groups in total. The van der Waals surface area contributed by atoms with E-state index in [1.807, 2.05) is 43.3 Å². The van der Waals surface area contributed by atoms with Gasteiger partial charge in [-0.25, -0.2) is 4.98 Å². The first-order chi connectivity index (χ1) is 22.5. The zero-order valence-corrected chi connectivity index (χ0v) is 26.8. The highest BCUT2D eigenvalue weighted by Crippen LogP contribution is 2.24. The van der Waals surface area contributed by atoms with Crippen LogP contribution < -0.4 is 21.3 Å². The van der Waals surface area contributed by atoms with E-state index in [9.17, 15) is 14.7 Å². The Morgan fingerprint density at radius 3 is 2.50 bits per heavy atom. The maximum atomic E-state index is 13.7. The average Bonchev–Trinajstić information content (AvgIpc) is 3.63. The molecular weight excluding hydrogens is 576 g/mol. The van der Waals surface area contributed by atoms with Crippen LogP contribution in [0.15, 0.2) is 79.1 Å². The summed E-state index contributed by atoms with van der Waals surface area (Å²) in [7, 11) is 0. The Bertz CT molecular complexity index is 1510. The number of nitrogens with zero attached hydrogens (tertiary/aromatic N) is 1. The topological polar surface area (TPSA) is 131 Å². The number of aliphatic hydroxyl groups is 1. The van der Waals surface area contributed by atoms with Gasteiger partial charge in [-0.2, -0.15) is 0 Å². The molecule has 4 aromatic rings. The monoisotopic (exact) mass is 624 g/mol. The van der Waals surface area contributed by atoms with Gasteiger partial charge in [-0.3, -0.25) is 9.59 Å². The first kappa shape index (κ1) is 33.3. The zero-order chi connectivity index (χ0) is 32.1. The molecule has 1 heterocycles. The largest absolute Gasteiger partial charge is 0.396 e. The second kappa shape index (κ2) is 17.0. The van der Waals surface area contributed by atoms with Gasteiger partial charge in [0.1, 0.15) is 11.9 Å². The summed E-state index contributed by atoms with van der Waals surface area (Å²) < 4.78 is 0. The van der Waals surface area contributed by atoms with Gasteiger partial charge in [-0.15, -0.1) is 0 Å². The number of H-pyrrole nitrogens is 1. The van der Waals surface area contributed by atoms with Crippen LogP contribution in [0.5, 0.6) is 0 Å². The van der Waals surface area contributed by atoms with Gasteiger partial charge in [0.15, 0.2) is 0 Å². The second-order valence-corrected chi connectivity index (χ2v) is 12.4. The average molecular weight is 625 g/mol. The van der Waals surface area contributed by atoms with Gasteiger partial charge in [0.25, 0.3) is 5.91 Å². The van der Waals surface area contributed by atoms with Crippen molar-refractivity contribution in [3.8, 4) is 0 Å². The Hall–Kier alpha value is -4.05. The lowest BCUT2D eigenvalue weighted by molar-refractivity contribution is -0.123. The molecule has 0 radical (unpaired) electrons. The molecule has 244 valence electrons. The summed E-state index contributed by atoms with van der Waals surface area (Å²) in [5.41, 5.74) is 2.55. The van der Waals surface area contributed by atoms with E-state index in [4.69, 9.17) is 0 Å². The number of carbonyl (C=O) groups excluding carboxylic acids is 2. The summed E-state index contributed by atoms with van der Waals surface area (Å²) in [6.07, 6.45) is 11.6.